The summed E-state index contributed by atoms with van der Waals surface area (Å²) >= 11 is 0. The van der Waals surface area contributed by atoms with Crippen molar-refractivity contribution in [3.8, 4) is 11.5 Å². The van der Waals surface area contributed by atoms with E-state index in [2.05, 4.69) is 10.2 Å². The van der Waals surface area contributed by atoms with E-state index in [0.29, 0.717) is 11.5 Å². The predicted octanol–water partition coefficient (Wildman–Crippen LogP) is 3.36. The Bertz CT molecular complexity index is 1350. The first-order chi connectivity index (χ1) is 18.8. The molecule has 1 aliphatic rings. The number of benzene rings is 3. The number of carbonyl (C=O) groups is 1. The minimum absolute atomic E-state index is 0.0710. The molecule has 1 N–H and O–H groups in total. The van der Waals surface area contributed by atoms with Gasteiger partial charge < -0.3 is 19.5 Å². The van der Waals surface area contributed by atoms with Crippen LogP contribution in [0.4, 0.5) is 5.69 Å². The lowest BCUT2D eigenvalue weighted by Gasteiger charge is -2.26. The third kappa shape index (κ3) is 7.29. The fourth-order valence-electron chi connectivity index (χ4n) is 4.30. The lowest BCUT2D eigenvalue weighted by Crippen LogP contribution is -2.40. The monoisotopic (exact) mass is 553 g/mol. The number of rotatable bonds is 11. The van der Waals surface area contributed by atoms with Crippen LogP contribution in [-0.2, 0) is 32.6 Å². The van der Waals surface area contributed by atoms with Gasteiger partial charge in [0.1, 0.15) is 18.0 Å². The van der Waals surface area contributed by atoms with Crippen LogP contribution in [-0.4, -0.2) is 66.3 Å². The van der Waals surface area contributed by atoms with Gasteiger partial charge in [-0.15, -0.1) is 0 Å². The minimum Gasteiger partial charge on any atom is -0.497 e. The molecule has 0 unspecified atom stereocenters. The molecule has 1 aliphatic heterocycles. The molecule has 0 aliphatic carbocycles. The number of amides is 1. The van der Waals surface area contributed by atoms with Crippen molar-refractivity contribution < 1.29 is 27.4 Å². The van der Waals surface area contributed by atoms with Gasteiger partial charge in [-0.05, 0) is 42.3 Å². The van der Waals surface area contributed by atoms with Gasteiger partial charge in [0.25, 0.3) is 10.0 Å². The Morgan fingerprint density at radius 1 is 0.949 bits per heavy atom. The number of anilines is 1. The van der Waals surface area contributed by atoms with Crippen LogP contribution >= 0.6 is 0 Å². The summed E-state index contributed by atoms with van der Waals surface area (Å²) in [7, 11) is -1.16. The van der Waals surface area contributed by atoms with Gasteiger partial charge in [0.2, 0.25) is 5.91 Å². The van der Waals surface area contributed by atoms with E-state index in [-0.39, 0.29) is 17.1 Å². The molecular formula is C29H35N3O6S. The van der Waals surface area contributed by atoms with Crippen molar-refractivity contribution in [3.05, 3.63) is 83.4 Å². The average molecular weight is 554 g/mol. The highest BCUT2D eigenvalue weighted by Crippen LogP contribution is 2.35. The first-order valence-corrected chi connectivity index (χ1v) is 14.2. The average Bonchev–Trinajstić information content (AvgIpc) is 2.96. The molecule has 3 aromatic carbocycles. The van der Waals surface area contributed by atoms with Crippen LogP contribution < -0.4 is 19.1 Å². The highest BCUT2D eigenvalue weighted by Gasteiger charge is 2.30. The molecule has 208 valence electrons. The molecule has 1 saturated heterocycles. The molecule has 0 bridgehead atoms. The van der Waals surface area contributed by atoms with Crippen LogP contribution in [0.5, 0.6) is 11.5 Å². The van der Waals surface area contributed by atoms with E-state index < -0.39 is 22.5 Å². The van der Waals surface area contributed by atoms with Crippen molar-refractivity contribution in [2.75, 3.05) is 51.4 Å². The van der Waals surface area contributed by atoms with E-state index in [1.54, 1.807) is 30.3 Å². The number of hydrogen-bond acceptors (Lipinski definition) is 7. The van der Waals surface area contributed by atoms with Crippen molar-refractivity contribution >= 4 is 21.6 Å². The SMILES string of the molecule is COc1ccc(OC)c(N(CC(=O)NCc2ccc(CN3CCOCC3)cc2)S(=O)(=O)c2ccc(C)cc2)c1. The number of nitrogens with zero attached hydrogens (tertiary/aromatic N) is 2. The topological polar surface area (TPSA) is 97.4 Å². The summed E-state index contributed by atoms with van der Waals surface area (Å²) in [6.45, 7) is 5.89. The third-order valence-corrected chi connectivity index (χ3v) is 8.35. The lowest BCUT2D eigenvalue weighted by molar-refractivity contribution is -0.119. The number of aryl methyl sites for hydroxylation is 1. The Kier molecular flexibility index (Phi) is 9.45. The second-order valence-corrected chi connectivity index (χ2v) is 11.2. The van der Waals surface area contributed by atoms with Crippen molar-refractivity contribution in [3.63, 3.8) is 0 Å². The molecule has 10 heteroatoms. The van der Waals surface area contributed by atoms with Crippen LogP contribution in [0, 0.1) is 6.92 Å². The quantitative estimate of drug-likeness (QED) is 0.389. The summed E-state index contributed by atoms with van der Waals surface area (Å²) in [6.07, 6.45) is 0. The summed E-state index contributed by atoms with van der Waals surface area (Å²) in [5.41, 5.74) is 3.24. The molecular weight excluding hydrogens is 518 g/mol. The van der Waals surface area contributed by atoms with Crippen LogP contribution in [0.15, 0.2) is 71.6 Å². The summed E-state index contributed by atoms with van der Waals surface area (Å²) in [6, 6.07) is 19.4. The van der Waals surface area contributed by atoms with Gasteiger partial charge >= 0.3 is 0 Å². The molecule has 1 heterocycles. The molecule has 0 atom stereocenters. The Balaban J connectivity index is 1.50. The fraction of sp³-hybridized carbons (Fsp3) is 0.345. The second kappa shape index (κ2) is 13.0. The molecule has 0 spiro atoms. The zero-order chi connectivity index (χ0) is 27.8. The smallest absolute Gasteiger partial charge is 0.264 e. The maximum atomic E-state index is 13.8. The number of nitrogens with one attached hydrogen (secondary N) is 1. The minimum atomic E-state index is -4.10. The predicted molar refractivity (Wildman–Crippen MR) is 150 cm³/mol. The number of morpholine rings is 1. The first kappa shape index (κ1) is 28.4. The molecule has 0 aromatic heterocycles. The zero-order valence-electron chi connectivity index (χ0n) is 22.6. The van der Waals surface area contributed by atoms with E-state index in [1.165, 1.54) is 31.9 Å². The summed E-state index contributed by atoms with van der Waals surface area (Å²) in [5.74, 6) is 0.288. The standard InChI is InChI=1S/C29H35N3O6S/c1-22-4-11-26(12-5-22)39(34,35)32(27-18-25(36-2)10-13-28(27)37-3)21-29(33)30-19-23-6-8-24(9-7-23)20-31-14-16-38-17-15-31/h4-13,18H,14-17,19-21H2,1-3H3,(H,30,33). The lowest BCUT2D eigenvalue weighted by atomic mass is 10.1. The van der Waals surface area contributed by atoms with Gasteiger partial charge in [-0.1, -0.05) is 42.0 Å². The molecule has 1 fully saturated rings. The summed E-state index contributed by atoms with van der Waals surface area (Å²) in [4.78, 5) is 15.5. The molecule has 0 saturated carbocycles. The van der Waals surface area contributed by atoms with Crippen molar-refractivity contribution in [2.24, 2.45) is 0 Å². The number of carbonyl (C=O) groups excluding carboxylic acids is 1. The normalized spacial score (nSPS) is 14.0. The zero-order valence-corrected chi connectivity index (χ0v) is 23.4. The molecule has 39 heavy (non-hydrogen) atoms. The number of hydrogen-bond donors (Lipinski definition) is 1. The van der Waals surface area contributed by atoms with E-state index in [9.17, 15) is 13.2 Å². The molecule has 9 nitrogen and oxygen atoms in total. The number of ether oxygens (including phenoxy) is 3. The maximum absolute atomic E-state index is 13.8. The van der Waals surface area contributed by atoms with E-state index in [1.807, 2.05) is 31.2 Å². The Labute approximate surface area is 230 Å². The van der Waals surface area contributed by atoms with Crippen molar-refractivity contribution in [2.45, 2.75) is 24.9 Å². The molecule has 3 aromatic rings. The first-order valence-electron chi connectivity index (χ1n) is 12.8. The molecule has 0 radical (unpaired) electrons. The van der Waals surface area contributed by atoms with Gasteiger partial charge in [-0.25, -0.2) is 8.42 Å². The van der Waals surface area contributed by atoms with E-state index >= 15 is 0 Å². The van der Waals surface area contributed by atoms with E-state index in [0.717, 1.165) is 48.3 Å². The van der Waals surface area contributed by atoms with Crippen molar-refractivity contribution in [1.29, 1.82) is 0 Å². The van der Waals surface area contributed by atoms with Gasteiger partial charge in [-0.3, -0.25) is 14.0 Å². The van der Waals surface area contributed by atoms with Gasteiger partial charge in [0.05, 0.1) is 38.0 Å². The van der Waals surface area contributed by atoms with Gasteiger partial charge in [0.15, 0.2) is 0 Å². The highest BCUT2D eigenvalue weighted by atomic mass is 32.2. The maximum Gasteiger partial charge on any atom is 0.264 e. The number of methoxy groups -OCH3 is 2. The van der Waals surface area contributed by atoms with Crippen LogP contribution in [0.2, 0.25) is 0 Å². The van der Waals surface area contributed by atoms with Crippen LogP contribution in [0.25, 0.3) is 0 Å². The Hall–Kier alpha value is -3.60. The van der Waals surface area contributed by atoms with Crippen LogP contribution in [0.3, 0.4) is 0 Å². The Morgan fingerprint density at radius 2 is 1.62 bits per heavy atom. The summed E-state index contributed by atoms with van der Waals surface area (Å²) < 4.78 is 44.7. The highest BCUT2D eigenvalue weighted by molar-refractivity contribution is 7.92. The molecule has 1 amide bonds. The van der Waals surface area contributed by atoms with Crippen LogP contribution in [0.1, 0.15) is 16.7 Å². The second-order valence-electron chi connectivity index (χ2n) is 9.34. The molecule has 4 rings (SSSR count). The third-order valence-electron chi connectivity index (χ3n) is 6.57. The largest absolute Gasteiger partial charge is 0.497 e. The Morgan fingerprint density at radius 3 is 2.26 bits per heavy atom. The van der Waals surface area contributed by atoms with Gasteiger partial charge in [-0.2, -0.15) is 0 Å². The van der Waals surface area contributed by atoms with Crippen molar-refractivity contribution in [1.82, 2.24) is 10.2 Å². The summed E-state index contributed by atoms with van der Waals surface area (Å²) in [5, 5.41) is 2.85. The van der Waals surface area contributed by atoms with E-state index in [4.69, 9.17) is 14.2 Å². The van der Waals surface area contributed by atoms with Gasteiger partial charge in [0, 0.05) is 32.2 Å². The fourth-order valence-corrected chi connectivity index (χ4v) is 5.72. The number of sulfonamides is 1.